The molecule has 2 aliphatic rings. The lowest BCUT2D eigenvalue weighted by Gasteiger charge is -2.34. The van der Waals surface area contributed by atoms with Crippen molar-refractivity contribution in [3.63, 3.8) is 0 Å². The van der Waals surface area contributed by atoms with Crippen LogP contribution in [-0.4, -0.2) is 45.9 Å². The lowest BCUT2D eigenvalue weighted by atomic mass is 9.76. The van der Waals surface area contributed by atoms with E-state index < -0.39 is 17.8 Å². The van der Waals surface area contributed by atoms with Crippen LogP contribution in [0.25, 0.3) is 0 Å². The van der Waals surface area contributed by atoms with Crippen molar-refractivity contribution in [3.8, 4) is 0 Å². The molecule has 4 N–H and O–H groups in total. The number of alkyl carbamates (subject to hydrolysis) is 1. The summed E-state index contributed by atoms with van der Waals surface area (Å²) in [5.74, 6) is 1.00. The summed E-state index contributed by atoms with van der Waals surface area (Å²) >= 11 is 0. The summed E-state index contributed by atoms with van der Waals surface area (Å²) in [6.07, 6.45) is 7.95. The summed E-state index contributed by atoms with van der Waals surface area (Å²) in [6, 6.07) is 6.95. The topological polar surface area (TPSA) is 125 Å². The number of carbonyl (C=O) groups excluding carboxylic acids is 2. The molecule has 8 heteroatoms. The first-order chi connectivity index (χ1) is 16.1. The normalized spacial score (nSPS) is 25.3. The Bertz CT molecular complexity index is 832. The number of benzene rings is 1. The number of carbonyl (C=O) groups is 3. The third kappa shape index (κ3) is 8.01. The molecule has 0 aliphatic heterocycles. The van der Waals surface area contributed by atoms with E-state index in [4.69, 9.17) is 9.84 Å². The monoisotopic (exact) mass is 474 g/mol. The molecular formula is C26H38N2O6. The van der Waals surface area contributed by atoms with Crippen LogP contribution in [0.4, 0.5) is 9.59 Å². The highest BCUT2D eigenvalue weighted by Gasteiger charge is 2.28. The van der Waals surface area contributed by atoms with Crippen molar-refractivity contribution in [2.24, 2.45) is 11.8 Å². The van der Waals surface area contributed by atoms with Crippen molar-refractivity contribution in [3.05, 3.63) is 35.4 Å². The molecule has 34 heavy (non-hydrogen) atoms. The van der Waals surface area contributed by atoms with Gasteiger partial charge in [0.05, 0.1) is 0 Å². The minimum absolute atomic E-state index is 0.104. The summed E-state index contributed by atoms with van der Waals surface area (Å²) in [5, 5.41) is 24.3. The highest BCUT2D eigenvalue weighted by atomic mass is 16.5. The molecule has 0 radical (unpaired) electrons. The van der Waals surface area contributed by atoms with Gasteiger partial charge < -0.3 is 25.6 Å². The fourth-order valence-corrected chi connectivity index (χ4v) is 5.19. The van der Waals surface area contributed by atoms with Gasteiger partial charge in [0.15, 0.2) is 5.78 Å². The molecule has 188 valence electrons. The second-order valence-corrected chi connectivity index (χ2v) is 10.4. The summed E-state index contributed by atoms with van der Waals surface area (Å²) in [7, 11) is 0. The quantitative estimate of drug-likeness (QED) is 0.407. The third-order valence-electron chi connectivity index (χ3n) is 7.15. The van der Waals surface area contributed by atoms with Gasteiger partial charge in [-0.15, -0.1) is 0 Å². The van der Waals surface area contributed by atoms with E-state index in [1.165, 1.54) is 20.3 Å². The van der Waals surface area contributed by atoms with Gasteiger partial charge >= 0.3 is 12.2 Å². The van der Waals surface area contributed by atoms with E-state index in [0.29, 0.717) is 17.4 Å². The van der Waals surface area contributed by atoms with E-state index in [0.717, 1.165) is 56.9 Å². The number of hydrogen-bond acceptors (Lipinski definition) is 5. The summed E-state index contributed by atoms with van der Waals surface area (Å²) in [6.45, 7) is 3.03. The Morgan fingerprint density at radius 3 is 1.85 bits per heavy atom. The maximum Gasteiger partial charge on any atom is 0.407 e. The lowest BCUT2D eigenvalue weighted by Crippen LogP contribution is -2.39. The maximum atomic E-state index is 12.2. The van der Waals surface area contributed by atoms with Gasteiger partial charge in [-0.05, 0) is 89.0 Å². The molecule has 0 saturated heterocycles. The van der Waals surface area contributed by atoms with E-state index in [1.54, 1.807) is 24.3 Å². The molecule has 0 aromatic heterocycles. The van der Waals surface area contributed by atoms with E-state index in [1.807, 2.05) is 0 Å². The van der Waals surface area contributed by atoms with Crippen molar-refractivity contribution in [2.75, 3.05) is 0 Å². The van der Waals surface area contributed by atoms with Gasteiger partial charge in [0.25, 0.3) is 0 Å². The van der Waals surface area contributed by atoms with E-state index in [2.05, 4.69) is 10.6 Å². The molecule has 2 aliphatic carbocycles. The van der Waals surface area contributed by atoms with Crippen LogP contribution in [0.5, 0.6) is 0 Å². The van der Waals surface area contributed by atoms with Gasteiger partial charge in [-0.2, -0.15) is 0 Å². The van der Waals surface area contributed by atoms with Crippen LogP contribution in [0.1, 0.15) is 87.6 Å². The minimum atomic E-state index is -1.42. The van der Waals surface area contributed by atoms with Crippen molar-refractivity contribution in [1.82, 2.24) is 10.6 Å². The van der Waals surface area contributed by atoms with Crippen LogP contribution in [-0.2, 0) is 11.3 Å². The summed E-state index contributed by atoms with van der Waals surface area (Å²) in [4.78, 5) is 35.1. The molecule has 0 atom stereocenters. The Kier molecular flexibility index (Phi) is 8.94. The summed E-state index contributed by atoms with van der Waals surface area (Å²) in [5.41, 5.74) is -0.225. The zero-order chi connectivity index (χ0) is 24.7. The molecule has 1 aromatic rings. The average Bonchev–Trinajstić information content (AvgIpc) is 2.79. The highest BCUT2D eigenvalue weighted by molar-refractivity contribution is 6.01. The molecule has 0 bridgehead atoms. The molecule has 1 aromatic carbocycles. The maximum absolute atomic E-state index is 12.2. The Hall–Kier alpha value is -2.61. The predicted octanol–water partition coefficient (Wildman–Crippen LogP) is 4.64. The van der Waals surface area contributed by atoms with Crippen LogP contribution in [0.15, 0.2) is 24.3 Å². The smallest absolute Gasteiger partial charge is 0.407 e. The van der Waals surface area contributed by atoms with Gasteiger partial charge in [0.2, 0.25) is 0 Å². The zero-order valence-corrected chi connectivity index (χ0v) is 20.2. The molecule has 2 saturated carbocycles. The number of ether oxygens (including phenoxy) is 1. The first-order valence-corrected chi connectivity index (χ1v) is 12.4. The number of aliphatic hydroxyl groups is 1. The van der Waals surface area contributed by atoms with Crippen molar-refractivity contribution >= 4 is 18.0 Å². The van der Waals surface area contributed by atoms with Crippen molar-refractivity contribution in [2.45, 2.75) is 95.9 Å². The van der Waals surface area contributed by atoms with Crippen LogP contribution < -0.4 is 10.6 Å². The molecule has 8 nitrogen and oxygen atoms in total. The average molecular weight is 475 g/mol. The fraction of sp³-hybridized carbons (Fsp3) is 0.654. The second kappa shape index (κ2) is 11.7. The molecule has 0 unspecified atom stereocenters. The van der Waals surface area contributed by atoms with E-state index in [-0.39, 0.29) is 24.5 Å². The van der Waals surface area contributed by atoms with Crippen LogP contribution in [0.2, 0.25) is 0 Å². The molecule has 3 rings (SSSR count). The Morgan fingerprint density at radius 2 is 1.38 bits per heavy atom. The van der Waals surface area contributed by atoms with Gasteiger partial charge in [0.1, 0.15) is 12.2 Å². The standard InChI is InChI=1S/C26H38N2O6/c1-26(2,33)23(29)20-9-3-19(4-10-20)16-34-25(32)28-22-13-7-18(8-14-22)15-17-5-11-21(12-6-17)27-24(30)31/h3-4,9-10,17-18,21-22,27,33H,5-8,11-16H2,1-2H3,(H,28,32)(H,30,31). The van der Waals surface area contributed by atoms with Gasteiger partial charge in [-0.1, -0.05) is 24.3 Å². The Morgan fingerprint density at radius 1 is 0.882 bits per heavy atom. The molecular weight excluding hydrogens is 436 g/mol. The van der Waals surface area contributed by atoms with Crippen LogP contribution in [0.3, 0.4) is 0 Å². The predicted molar refractivity (Wildman–Crippen MR) is 128 cm³/mol. The lowest BCUT2D eigenvalue weighted by molar-refractivity contribution is 0.0488. The zero-order valence-electron chi connectivity index (χ0n) is 20.2. The molecule has 0 spiro atoms. The first-order valence-electron chi connectivity index (χ1n) is 12.4. The minimum Gasteiger partial charge on any atom is -0.465 e. The fourth-order valence-electron chi connectivity index (χ4n) is 5.19. The number of ketones is 1. The van der Waals surface area contributed by atoms with Crippen molar-refractivity contribution in [1.29, 1.82) is 0 Å². The highest BCUT2D eigenvalue weighted by Crippen LogP contribution is 2.35. The molecule has 0 heterocycles. The number of rotatable bonds is 8. The summed E-state index contributed by atoms with van der Waals surface area (Å²) < 4.78 is 5.35. The number of nitrogens with one attached hydrogen (secondary N) is 2. The van der Waals surface area contributed by atoms with E-state index >= 15 is 0 Å². The third-order valence-corrected chi connectivity index (χ3v) is 7.15. The number of carboxylic acid groups (broad SMARTS) is 1. The first kappa shape index (κ1) is 26.0. The van der Waals surface area contributed by atoms with Crippen LogP contribution >= 0.6 is 0 Å². The number of Topliss-reactive ketones (excluding diaryl/α,β-unsaturated/α-hetero) is 1. The van der Waals surface area contributed by atoms with Crippen LogP contribution in [0, 0.1) is 11.8 Å². The van der Waals surface area contributed by atoms with Crippen molar-refractivity contribution < 1.29 is 29.3 Å². The second-order valence-electron chi connectivity index (χ2n) is 10.4. The number of amides is 2. The van der Waals surface area contributed by atoms with Gasteiger partial charge in [0, 0.05) is 17.6 Å². The Labute approximate surface area is 201 Å². The molecule has 2 amide bonds. The Balaban J connectivity index is 1.32. The molecule has 2 fully saturated rings. The van der Waals surface area contributed by atoms with E-state index in [9.17, 15) is 19.5 Å². The van der Waals surface area contributed by atoms with Gasteiger partial charge in [-0.25, -0.2) is 9.59 Å². The SMILES string of the molecule is CC(C)(O)C(=O)c1ccc(COC(=O)NC2CCC(CC3CCC(NC(=O)O)CC3)CC2)cc1. The number of hydrogen-bond donors (Lipinski definition) is 4. The van der Waals surface area contributed by atoms with Gasteiger partial charge in [-0.3, -0.25) is 4.79 Å². The largest absolute Gasteiger partial charge is 0.465 e.